The van der Waals surface area contributed by atoms with Gasteiger partial charge in [0.15, 0.2) is 0 Å². The first kappa shape index (κ1) is 30.1. The number of pyridine rings is 1. The summed E-state index contributed by atoms with van der Waals surface area (Å²) in [4.78, 5) is 16.0. The Balaban J connectivity index is 1.49. The number of nitrogens with zero attached hydrogens (tertiary/aromatic N) is 6. The molecule has 15 heteroatoms. The van der Waals surface area contributed by atoms with Crippen LogP contribution in [0.15, 0.2) is 54.9 Å². The number of hydrogen-bond acceptors (Lipinski definition) is 7. The Morgan fingerprint density at radius 2 is 1.89 bits per heavy atom. The first-order valence-electron chi connectivity index (χ1n) is 14.1. The molecule has 1 N–H and O–H groups in total. The second-order valence-electron chi connectivity index (χ2n) is 10.4. The summed E-state index contributed by atoms with van der Waals surface area (Å²) in [6.45, 7) is -0.790. The van der Waals surface area contributed by atoms with E-state index in [-0.39, 0.29) is 66.4 Å². The normalized spacial score (nSPS) is 14.6. The predicted octanol–water partition coefficient (Wildman–Crippen LogP) is 4.75. The summed E-state index contributed by atoms with van der Waals surface area (Å²) in [5, 5.41) is 10.9. The van der Waals surface area contributed by atoms with Crippen LogP contribution in [0.1, 0.15) is 24.6 Å². The fourth-order valence-corrected chi connectivity index (χ4v) is 5.40. The maximum absolute atomic E-state index is 14.7. The molecule has 3 aromatic rings. The van der Waals surface area contributed by atoms with Crippen LogP contribution in [-0.4, -0.2) is 67.5 Å². The van der Waals surface area contributed by atoms with Gasteiger partial charge in [-0.25, -0.2) is 18.4 Å². The number of carbonyl (C=O) groups excluding carboxylic acids is 1. The van der Waals surface area contributed by atoms with Gasteiger partial charge in [0, 0.05) is 50.6 Å². The largest absolute Gasteiger partial charge is 0.474 e. The molecule has 45 heavy (non-hydrogen) atoms. The number of benzene rings is 1. The molecule has 0 radical (unpaired) electrons. The van der Waals surface area contributed by atoms with Gasteiger partial charge in [0.1, 0.15) is 24.2 Å². The van der Waals surface area contributed by atoms with Crippen LogP contribution < -0.4 is 14.8 Å². The molecule has 0 unspecified atom stereocenters. The van der Waals surface area contributed by atoms with Crippen molar-refractivity contribution in [1.29, 1.82) is 0 Å². The Kier molecular flexibility index (Phi) is 8.43. The Hall–Kier alpha value is -4.92. The lowest BCUT2D eigenvalue weighted by atomic mass is 9.98. The minimum atomic E-state index is -3.18. The highest BCUT2D eigenvalue weighted by Gasteiger charge is 2.37. The number of fused-ring (bicyclic) bond motifs is 2. The van der Waals surface area contributed by atoms with E-state index >= 15 is 0 Å². The highest BCUT2D eigenvalue weighted by molar-refractivity contribution is 5.97. The summed E-state index contributed by atoms with van der Waals surface area (Å²) >= 11 is 0. The van der Waals surface area contributed by atoms with Crippen LogP contribution in [0.5, 0.6) is 11.8 Å². The van der Waals surface area contributed by atoms with Crippen molar-refractivity contribution in [2.45, 2.75) is 39.2 Å². The maximum atomic E-state index is 14.7. The molecule has 1 atom stereocenters. The molecule has 0 fully saturated rings. The standard InChI is InChI=1S/C30H29F4N7O4/c1-17(42)35-10-12-43-19-14-41-29(44-16-19)23(25(37-41)26(31)32)24-22(21-15-39(2)38-28(21)45-30(33)34)20-9-6-11-40(27(20)36-24)13-18-7-4-3-5-8-18/h3-9,11,15,19,26,30H,10,12-14,16H2,1-2H3,(H,35,42)/t19-/m0/s1. The summed E-state index contributed by atoms with van der Waals surface area (Å²) in [6, 6.07) is 13.1. The van der Waals surface area contributed by atoms with E-state index in [0.29, 0.717) is 17.9 Å². The lowest BCUT2D eigenvalue weighted by molar-refractivity contribution is -0.119. The number of alkyl halides is 4. The Labute approximate surface area is 254 Å². The molecule has 6 rings (SSSR count). The second-order valence-corrected chi connectivity index (χ2v) is 10.4. The number of aryl methyl sites for hydroxylation is 1. The van der Waals surface area contributed by atoms with E-state index in [4.69, 9.17) is 19.2 Å². The van der Waals surface area contributed by atoms with Crippen LogP contribution in [0.2, 0.25) is 0 Å². The quantitative estimate of drug-likeness (QED) is 0.166. The molecular formula is C30H29F4N7O4. The molecule has 3 aliphatic rings. The summed E-state index contributed by atoms with van der Waals surface area (Å²) in [7, 11) is 1.54. The molecule has 236 valence electrons. The van der Waals surface area contributed by atoms with Crippen molar-refractivity contribution in [1.82, 2.24) is 34.4 Å². The molecule has 3 aliphatic heterocycles. The summed E-state index contributed by atoms with van der Waals surface area (Å²) < 4.78 is 77.2. The minimum Gasteiger partial charge on any atom is -0.474 e. The SMILES string of the molecule is CC(=O)NCCO[C@@H]1COc2c(-c3nc4n(Cc5ccccc5)cccc-4c3-c3cn(C)nc3OC(F)F)c(C(F)F)nn2C1. The molecular weight excluding hydrogens is 598 g/mol. The van der Waals surface area contributed by atoms with Gasteiger partial charge in [0.05, 0.1) is 30.0 Å². The van der Waals surface area contributed by atoms with E-state index in [0.717, 1.165) is 5.56 Å². The summed E-state index contributed by atoms with van der Waals surface area (Å²) in [5.74, 6) is -0.112. The van der Waals surface area contributed by atoms with Crippen LogP contribution in [0, 0.1) is 0 Å². The fraction of sp³-hybridized carbons (Fsp3) is 0.333. The van der Waals surface area contributed by atoms with Gasteiger partial charge in [0.25, 0.3) is 6.43 Å². The van der Waals surface area contributed by atoms with Gasteiger partial charge >= 0.3 is 6.61 Å². The van der Waals surface area contributed by atoms with Crippen LogP contribution in [0.4, 0.5) is 17.6 Å². The second kappa shape index (κ2) is 12.6. The molecule has 0 saturated heterocycles. The van der Waals surface area contributed by atoms with Gasteiger partial charge in [-0.05, 0) is 17.7 Å². The third-order valence-corrected chi connectivity index (χ3v) is 7.21. The maximum Gasteiger partial charge on any atom is 0.388 e. The number of ether oxygens (including phenoxy) is 3. The molecule has 0 spiro atoms. The number of hydrogen-bond donors (Lipinski definition) is 1. The predicted molar refractivity (Wildman–Crippen MR) is 153 cm³/mol. The number of rotatable bonds is 11. The number of carbonyl (C=O) groups is 1. The number of aromatic nitrogens is 6. The van der Waals surface area contributed by atoms with Crippen molar-refractivity contribution < 1.29 is 36.6 Å². The lowest BCUT2D eigenvalue weighted by Crippen LogP contribution is -2.35. The average molecular weight is 628 g/mol. The van der Waals surface area contributed by atoms with Crippen molar-refractivity contribution in [2.24, 2.45) is 7.05 Å². The minimum absolute atomic E-state index is 0.0254. The van der Waals surface area contributed by atoms with Crippen molar-refractivity contribution in [3.05, 3.63) is 66.1 Å². The van der Waals surface area contributed by atoms with E-state index in [1.165, 1.54) is 29.5 Å². The van der Waals surface area contributed by atoms with E-state index in [1.54, 1.807) is 18.3 Å². The van der Waals surface area contributed by atoms with Gasteiger partial charge in [-0.3, -0.25) is 9.48 Å². The highest BCUT2D eigenvalue weighted by atomic mass is 19.3. The smallest absolute Gasteiger partial charge is 0.388 e. The zero-order chi connectivity index (χ0) is 31.7. The summed E-state index contributed by atoms with van der Waals surface area (Å²) in [6.07, 6.45) is -0.260. The van der Waals surface area contributed by atoms with Gasteiger partial charge in [0.2, 0.25) is 17.7 Å². The molecule has 11 nitrogen and oxygen atoms in total. The number of amides is 1. The third-order valence-electron chi connectivity index (χ3n) is 7.21. The first-order chi connectivity index (χ1) is 21.7. The summed E-state index contributed by atoms with van der Waals surface area (Å²) in [5.41, 5.74) is 1.30. The van der Waals surface area contributed by atoms with Crippen LogP contribution in [0.25, 0.3) is 33.8 Å². The monoisotopic (exact) mass is 627 g/mol. The first-order valence-corrected chi connectivity index (χ1v) is 14.1. The van der Waals surface area contributed by atoms with Gasteiger partial charge in [-0.1, -0.05) is 30.3 Å². The van der Waals surface area contributed by atoms with Crippen LogP contribution in [0.3, 0.4) is 0 Å². The van der Waals surface area contributed by atoms with Gasteiger partial charge in [-0.15, -0.1) is 5.10 Å². The van der Waals surface area contributed by atoms with E-state index in [1.807, 2.05) is 34.9 Å². The van der Waals surface area contributed by atoms with E-state index in [9.17, 15) is 22.4 Å². The zero-order valence-corrected chi connectivity index (χ0v) is 24.3. The Bertz CT molecular complexity index is 1770. The van der Waals surface area contributed by atoms with E-state index < -0.39 is 24.8 Å². The highest BCUT2D eigenvalue weighted by Crippen LogP contribution is 2.49. The third kappa shape index (κ3) is 6.20. The van der Waals surface area contributed by atoms with Crippen LogP contribution in [-0.2, 0) is 29.7 Å². The molecule has 1 amide bonds. The van der Waals surface area contributed by atoms with Crippen LogP contribution >= 0.6 is 0 Å². The van der Waals surface area contributed by atoms with Crippen molar-refractivity contribution >= 4 is 5.91 Å². The molecule has 1 aromatic carbocycles. The fourth-order valence-electron chi connectivity index (χ4n) is 5.40. The molecule has 2 aromatic heterocycles. The Morgan fingerprint density at radius 3 is 2.62 bits per heavy atom. The molecule has 5 heterocycles. The van der Waals surface area contributed by atoms with Gasteiger partial charge < -0.3 is 24.1 Å². The molecule has 0 aliphatic carbocycles. The average Bonchev–Trinajstić information content (AvgIpc) is 3.68. The van der Waals surface area contributed by atoms with Crippen molar-refractivity contribution in [2.75, 3.05) is 19.8 Å². The lowest BCUT2D eigenvalue weighted by Gasteiger charge is -2.25. The van der Waals surface area contributed by atoms with Crippen molar-refractivity contribution in [3.63, 3.8) is 0 Å². The zero-order valence-electron chi connectivity index (χ0n) is 24.3. The van der Waals surface area contributed by atoms with Crippen molar-refractivity contribution in [3.8, 4) is 45.5 Å². The molecule has 0 saturated carbocycles. The topological polar surface area (TPSA) is 110 Å². The Morgan fingerprint density at radius 1 is 1.09 bits per heavy atom. The number of halogens is 4. The van der Waals surface area contributed by atoms with E-state index in [2.05, 4.69) is 15.5 Å². The van der Waals surface area contributed by atoms with Gasteiger partial charge in [-0.2, -0.15) is 13.9 Å². The number of nitrogens with one attached hydrogen (secondary N) is 1. The molecule has 0 bridgehead atoms.